The molecular weight excluding hydrogens is 268 g/mol. The Morgan fingerprint density at radius 3 is 2.19 bits per heavy atom. The van der Waals surface area contributed by atoms with E-state index in [2.05, 4.69) is 38.2 Å². The first kappa shape index (κ1) is 15.3. The maximum Gasteiger partial charge on any atom is 0.433 e. The normalized spacial score (nSPS) is 13.1. The third kappa shape index (κ3) is 3.31. The molecule has 0 amide bonds. The van der Waals surface area contributed by atoms with Crippen LogP contribution in [0, 0.1) is 10.1 Å². The zero-order valence-corrected chi connectivity index (χ0v) is 12.7. The summed E-state index contributed by atoms with van der Waals surface area (Å²) in [6.07, 6.45) is 0. The molecule has 0 radical (unpaired) electrons. The van der Waals surface area contributed by atoms with Gasteiger partial charge in [-0.2, -0.15) is 0 Å². The van der Waals surface area contributed by atoms with Gasteiger partial charge >= 0.3 is 5.88 Å². The first-order chi connectivity index (χ1) is 9.82. The number of hydrogen-bond donors (Lipinski definition) is 1. The lowest BCUT2D eigenvalue weighted by molar-refractivity contribution is -0.402. The fourth-order valence-corrected chi connectivity index (χ4v) is 2.24. The Kier molecular flexibility index (Phi) is 4.14. The van der Waals surface area contributed by atoms with Crippen molar-refractivity contribution in [3.8, 4) is 0 Å². The topological polar surface area (TPSA) is 68.3 Å². The highest BCUT2D eigenvalue weighted by molar-refractivity contribution is 5.33. The van der Waals surface area contributed by atoms with Crippen molar-refractivity contribution in [1.82, 2.24) is 5.32 Å². The van der Waals surface area contributed by atoms with E-state index < -0.39 is 4.92 Å². The second-order valence-electron chi connectivity index (χ2n) is 6.03. The van der Waals surface area contributed by atoms with Crippen LogP contribution in [0.15, 0.2) is 40.8 Å². The van der Waals surface area contributed by atoms with Gasteiger partial charge in [-0.3, -0.25) is 10.1 Å². The molecule has 0 fully saturated rings. The van der Waals surface area contributed by atoms with Crippen molar-refractivity contribution in [3.63, 3.8) is 0 Å². The summed E-state index contributed by atoms with van der Waals surface area (Å²) in [4.78, 5) is 10.2. The minimum atomic E-state index is -0.529. The second-order valence-corrected chi connectivity index (χ2v) is 6.03. The molecule has 5 nitrogen and oxygen atoms in total. The average Bonchev–Trinajstić information content (AvgIpc) is 2.89. The van der Waals surface area contributed by atoms with Crippen LogP contribution in [0.25, 0.3) is 0 Å². The third-order valence-corrected chi connectivity index (χ3v) is 3.48. The van der Waals surface area contributed by atoms with Crippen LogP contribution in [-0.2, 0) is 5.41 Å². The Bertz CT molecular complexity index is 624. The molecule has 0 saturated heterocycles. The van der Waals surface area contributed by atoms with Crippen molar-refractivity contribution in [2.75, 3.05) is 7.05 Å². The van der Waals surface area contributed by atoms with Crippen molar-refractivity contribution in [2.24, 2.45) is 0 Å². The predicted molar refractivity (Wildman–Crippen MR) is 81.4 cm³/mol. The molecule has 1 heterocycles. The van der Waals surface area contributed by atoms with E-state index in [0.29, 0.717) is 5.76 Å². The SMILES string of the molecule is CNC(c1ccc(C(C)(C)C)cc1)c1ccc([N+](=O)[O-])o1. The molecule has 0 bridgehead atoms. The van der Waals surface area contributed by atoms with Crippen LogP contribution in [0.3, 0.4) is 0 Å². The summed E-state index contributed by atoms with van der Waals surface area (Å²) in [5, 5.41) is 13.8. The molecule has 2 rings (SSSR count). The summed E-state index contributed by atoms with van der Waals surface area (Å²) >= 11 is 0. The van der Waals surface area contributed by atoms with Gasteiger partial charge in [-0.25, -0.2) is 0 Å². The molecule has 1 aromatic heterocycles. The summed E-state index contributed by atoms with van der Waals surface area (Å²) in [6, 6.07) is 11.0. The van der Waals surface area contributed by atoms with Crippen LogP contribution in [0.1, 0.15) is 43.7 Å². The number of nitro groups is 1. The molecule has 5 heteroatoms. The Morgan fingerprint density at radius 2 is 1.76 bits per heavy atom. The van der Waals surface area contributed by atoms with E-state index in [0.717, 1.165) is 5.56 Å². The molecule has 1 atom stereocenters. The van der Waals surface area contributed by atoms with Crippen LogP contribution in [-0.4, -0.2) is 12.0 Å². The van der Waals surface area contributed by atoms with Crippen molar-refractivity contribution in [1.29, 1.82) is 0 Å². The third-order valence-electron chi connectivity index (χ3n) is 3.48. The largest absolute Gasteiger partial charge is 0.433 e. The molecule has 0 aliphatic rings. The molecule has 0 aliphatic heterocycles. The van der Waals surface area contributed by atoms with E-state index in [1.165, 1.54) is 11.6 Å². The number of benzene rings is 1. The van der Waals surface area contributed by atoms with Gasteiger partial charge in [0.2, 0.25) is 0 Å². The van der Waals surface area contributed by atoms with Crippen molar-refractivity contribution in [3.05, 3.63) is 63.4 Å². The lowest BCUT2D eigenvalue weighted by Gasteiger charge is -2.20. The maximum absolute atomic E-state index is 10.7. The highest BCUT2D eigenvalue weighted by atomic mass is 16.6. The van der Waals surface area contributed by atoms with Gasteiger partial charge in [0.25, 0.3) is 0 Å². The van der Waals surface area contributed by atoms with E-state index in [1.807, 2.05) is 12.1 Å². The number of rotatable bonds is 4. The Balaban J connectivity index is 2.30. The van der Waals surface area contributed by atoms with Gasteiger partial charge in [0.1, 0.15) is 10.7 Å². The van der Waals surface area contributed by atoms with Crippen LogP contribution in [0.5, 0.6) is 0 Å². The molecule has 112 valence electrons. The van der Waals surface area contributed by atoms with Crippen molar-refractivity contribution < 1.29 is 9.34 Å². The van der Waals surface area contributed by atoms with Gasteiger partial charge in [-0.05, 0) is 29.7 Å². The van der Waals surface area contributed by atoms with Gasteiger partial charge in [-0.15, -0.1) is 0 Å². The fourth-order valence-electron chi connectivity index (χ4n) is 2.24. The molecular formula is C16H20N2O3. The smallest absolute Gasteiger partial charge is 0.404 e. The monoisotopic (exact) mass is 288 g/mol. The number of nitrogens with zero attached hydrogens (tertiary/aromatic N) is 1. The zero-order valence-electron chi connectivity index (χ0n) is 12.7. The molecule has 0 aliphatic carbocycles. The predicted octanol–water partition coefficient (Wildman–Crippen LogP) is 3.79. The van der Waals surface area contributed by atoms with Crippen LogP contribution in [0.4, 0.5) is 5.88 Å². The Labute approximate surface area is 124 Å². The van der Waals surface area contributed by atoms with Crippen molar-refractivity contribution in [2.45, 2.75) is 32.2 Å². The van der Waals surface area contributed by atoms with E-state index in [-0.39, 0.29) is 17.3 Å². The van der Waals surface area contributed by atoms with Gasteiger partial charge < -0.3 is 9.73 Å². The van der Waals surface area contributed by atoms with Crippen LogP contribution >= 0.6 is 0 Å². The first-order valence-corrected chi connectivity index (χ1v) is 6.85. The average molecular weight is 288 g/mol. The molecule has 1 aromatic carbocycles. The van der Waals surface area contributed by atoms with Gasteiger partial charge in [0.15, 0.2) is 0 Å². The summed E-state index contributed by atoms with van der Waals surface area (Å²) in [7, 11) is 1.80. The summed E-state index contributed by atoms with van der Waals surface area (Å²) in [5.41, 5.74) is 2.35. The highest BCUT2D eigenvalue weighted by Crippen LogP contribution is 2.29. The summed E-state index contributed by atoms with van der Waals surface area (Å²) < 4.78 is 5.29. The van der Waals surface area contributed by atoms with E-state index in [1.54, 1.807) is 13.1 Å². The van der Waals surface area contributed by atoms with Gasteiger partial charge in [0, 0.05) is 0 Å². The lowest BCUT2D eigenvalue weighted by atomic mass is 9.86. The molecule has 1 N–H and O–H groups in total. The Hall–Kier alpha value is -2.14. The lowest BCUT2D eigenvalue weighted by Crippen LogP contribution is -2.17. The highest BCUT2D eigenvalue weighted by Gasteiger charge is 2.21. The molecule has 0 spiro atoms. The second kappa shape index (κ2) is 5.69. The Morgan fingerprint density at radius 1 is 1.14 bits per heavy atom. The minimum absolute atomic E-state index is 0.0944. The fraction of sp³-hybridized carbons (Fsp3) is 0.375. The van der Waals surface area contributed by atoms with E-state index in [4.69, 9.17) is 4.42 Å². The molecule has 1 unspecified atom stereocenters. The van der Waals surface area contributed by atoms with E-state index in [9.17, 15) is 10.1 Å². The van der Waals surface area contributed by atoms with Gasteiger partial charge in [0.05, 0.1) is 12.1 Å². The van der Waals surface area contributed by atoms with Gasteiger partial charge in [-0.1, -0.05) is 45.0 Å². The quantitative estimate of drug-likeness (QED) is 0.686. The summed E-state index contributed by atoms with van der Waals surface area (Å²) in [6.45, 7) is 6.48. The first-order valence-electron chi connectivity index (χ1n) is 6.85. The number of nitrogens with one attached hydrogen (secondary N) is 1. The number of hydrogen-bond acceptors (Lipinski definition) is 4. The molecule has 0 saturated carbocycles. The van der Waals surface area contributed by atoms with Crippen LogP contribution < -0.4 is 5.32 Å². The number of furan rings is 1. The maximum atomic E-state index is 10.7. The van der Waals surface area contributed by atoms with Crippen LogP contribution in [0.2, 0.25) is 0 Å². The molecule has 2 aromatic rings. The van der Waals surface area contributed by atoms with E-state index >= 15 is 0 Å². The standard InChI is InChI=1S/C16H20N2O3/c1-16(2,3)12-7-5-11(6-8-12)15(17-4)13-9-10-14(21-13)18(19)20/h5-10,15,17H,1-4H3. The zero-order chi connectivity index (χ0) is 15.6. The molecule has 21 heavy (non-hydrogen) atoms. The van der Waals surface area contributed by atoms with Crippen molar-refractivity contribution >= 4 is 5.88 Å². The summed E-state index contributed by atoms with van der Waals surface area (Å²) in [5.74, 6) is 0.296. The minimum Gasteiger partial charge on any atom is -0.404 e.